The van der Waals surface area contributed by atoms with Crippen molar-refractivity contribution in [1.29, 1.82) is 0 Å². The van der Waals surface area contributed by atoms with Crippen molar-refractivity contribution in [2.24, 2.45) is 0 Å². The lowest BCUT2D eigenvalue weighted by atomic mass is 10.2. The number of hydrogen-bond donors (Lipinski definition) is 1. The van der Waals surface area contributed by atoms with Crippen molar-refractivity contribution < 1.29 is 4.79 Å². The largest absolute Gasteiger partial charge is 0.338 e. The molecular formula is C16H20N4O3. The van der Waals surface area contributed by atoms with E-state index in [0.717, 1.165) is 17.7 Å². The van der Waals surface area contributed by atoms with E-state index in [4.69, 9.17) is 0 Å². The third-order valence-corrected chi connectivity index (χ3v) is 4.40. The molecule has 2 aromatic rings. The van der Waals surface area contributed by atoms with Crippen LogP contribution in [-0.2, 0) is 4.79 Å². The Labute approximate surface area is 133 Å². The Hall–Kier alpha value is -2.41. The van der Waals surface area contributed by atoms with E-state index in [-0.39, 0.29) is 5.91 Å². The lowest BCUT2D eigenvalue weighted by Gasteiger charge is -2.34. The fraction of sp³-hybridized carbons (Fsp3) is 0.438. The van der Waals surface area contributed by atoms with E-state index in [1.165, 1.54) is 0 Å². The zero-order valence-electron chi connectivity index (χ0n) is 13.3. The van der Waals surface area contributed by atoms with Crippen LogP contribution in [0, 0.1) is 0 Å². The number of carbonyl (C=O) groups is 1. The molecule has 0 aliphatic carbocycles. The third-order valence-electron chi connectivity index (χ3n) is 4.40. The van der Waals surface area contributed by atoms with Gasteiger partial charge in [0.2, 0.25) is 5.91 Å². The van der Waals surface area contributed by atoms with E-state index >= 15 is 0 Å². The van der Waals surface area contributed by atoms with Crippen molar-refractivity contribution in [2.75, 3.05) is 33.2 Å². The van der Waals surface area contributed by atoms with Crippen LogP contribution in [0.3, 0.4) is 0 Å². The number of amides is 1. The van der Waals surface area contributed by atoms with Crippen LogP contribution in [0.25, 0.3) is 10.9 Å². The molecule has 0 radical (unpaired) electrons. The molecular weight excluding hydrogens is 296 g/mol. The lowest BCUT2D eigenvalue weighted by Crippen LogP contribution is -2.51. The summed E-state index contributed by atoms with van der Waals surface area (Å²) in [6, 6.07) is 5.99. The number of hydrogen-bond acceptors (Lipinski definition) is 4. The SMILES string of the molecule is CC(C(=O)N1CCN(C)CC1)n1c(=O)[nH]c2ccccc2c1=O. The van der Waals surface area contributed by atoms with E-state index < -0.39 is 17.3 Å². The van der Waals surface area contributed by atoms with E-state index in [2.05, 4.69) is 9.88 Å². The van der Waals surface area contributed by atoms with Crippen LogP contribution in [0.4, 0.5) is 0 Å². The summed E-state index contributed by atoms with van der Waals surface area (Å²) < 4.78 is 1.02. The van der Waals surface area contributed by atoms with Crippen LogP contribution in [0.1, 0.15) is 13.0 Å². The van der Waals surface area contributed by atoms with E-state index in [9.17, 15) is 14.4 Å². The number of aromatic amines is 1. The highest BCUT2D eigenvalue weighted by Crippen LogP contribution is 2.10. The molecule has 0 bridgehead atoms. The fourth-order valence-electron chi connectivity index (χ4n) is 2.93. The Morgan fingerprint density at radius 1 is 1.13 bits per heavy atom. The number of nitrogens with one attached hydrogen (secondary N) is 1. The van der Waals surface area contributed by atoms with Gasteiger partial charge in [-0.25, -0.2) is 9.36 Å². The number of H-pyrrole nitrogens is 1. The van der Waals surface area contributed by atoms with Gasteiger partial charge in [-0.3, -0.25) is 9.59 Å². The number of rotatable bonds is 2. The Bertz CT molecular complexity index is 846. The smallest absolute Gasteiger partial charge is 0.329 e. The van der Waals surface area contributed by atoms with Gasteiger partial charge in [-0.2, -0.15) is 0 Å². The molecule has 1 amide bonds. The van der Waals surface area contributed by atoms with Crippen LogP contribution < -0.4 is 11.2 Å². The van der Waals surface area contributed by atoms with Crippen LogP contribution in [0.15, 0.2) is 33.9 Å². The molecule has 122 valence electrons. The number of piperazine rings is 1. The molecule has 1 aromatic heterocycles. The summed E-state index contributed by atoms with van der Waals surface area (Å²) in [4.78, 5) is 44.0. The fourth-order valence-corrected chi connectivity index (χ4v) is 2.93. The molecule has 0 spiro atoms. The predicted molar refractivity (Wildman–Crippen MR) is 87.6 cm³/mol. The number of likely N-dealkylation sites (N-methyl/N-ethyl adjacent to an activating group) is 1. The minimum atomic E-state index is -0.820. The van der Waals surface area contributed by atoms with Crippen LogP contribution >= 0.6 is 0 Å². The number of para-hydroxylation sites is 1. The van der Waals surface area contributed by atoms with Gasteiger partial charge in [0.05, 0.1) is 10.9 Å². The van der Waals surface area contributed by atoms with Gasteiger partial charge in [0, 0.05) is 26.2 Å². The molecule has 23 heavy (non-hydrogen) atoms. The molecule has 1 fully saturated rings. The standard InChI is InChI=1S/C16H20N4O3/c1-11(14(21)19-9-7-18(2)8-10-19)20-15(22)12-5-3-4-6-13(12)17-16(20)23/h3-6,11H,7-10H2,1-2H3,(H,17,23). The highest BCUT2D eigenvalue weighted by molar-refractivity contribution is 5.81. The van der Waals surface area contributed by atoms with Crippen molar-refractivity contribution in [1.82, 2.24) is 19.4 Å². The number of nitrogens with zero attached hydrogens (tertiary/aromatic N) is 3. The summed E-state index contributed by atoms with van der Waals surface area (Å²) in [6.45, 7) is 4.41. The van der Waals surface area contributed by atoms with Crippen LogP contribution in [0.2, 0.25) is 0 Å². The molecule has 7 nitrogen and oxygen atoms in total. The van der Waals surface area contributed by atoms with E-state index in [1.807, 2.05) is 7.05 Å². The third kappa shape index (κ3) is 2.79. The molecule has 1 aliphatic heterocycles. The topological polar surface area (TPSA) is 78.4 Å². The molecule has 1 aliphatic rings. The summed E-state index contributed by atoms with van der Waals surface area (Å²) in [5.41, 5.74) is -0.499. The predicted octanol–water partition coefficient (Wildman–Crippen LogP) is 0.0248. The van der Waals surface area contributed by atoms with E-state index in [1.54, 1.807) is 36.1 Å². The van der Waals surface area contributed by atoms with Gasteiger partial charge in [0.25, 0.3) is 5.56 Å². The number of carbonyl (C=O) groups excluding carboxylic acids is 1. The zero-order chi connectivity index (χ0) is 16.6. The lowest BCUT2D eigenvalue weighted by molar-refractivity contribution is -0.136. The Morgan fingerprint density at radius 2 is 1.78 bits per heavy atom. The monoisotopic (exact) mass is 316 g/mol. The molecule has 1 N–H and O–H groups in total. The number of fused-ring (bicyclic) bond motifs is 1. The van der Waals surface area contributed by atoms with Gasteiger partial charge in [0.15, 0.2) is 0 Å². The first kappa shape index (κ1) is 15.5. The minimum absolute atomic E-state index is 0.194. The van der Waals surface area contributed by atoms with Gasteiger partial charge in [-0.05, 0) is 26.1 Å². The first-order valence-electron chi connectivity index (χ1n) is 7.70. The maximum absolute atomic E-state index is 12.6. The second-order valence-electron chi connectivity index (χ2n) is 5.96. The summed E-state index contributed by atoms with van der Waals surface area (Å²) >= 11 is 0. The van der Waals surface area contributed by atoms with Crippen LogP contribution in [-0.4, -0.2) is 58.5 Å². The maximum atomic E-state index is 12.6. The van der Waals surface area contributed by atoms with Crippen molar-refractivity contribution in [3.05, 3.63) is 45.1 Å². The molecule has 2 heterocycles. The first-order chi connectivity index (χ1) is 11.0. The molecule has 1 unspecified atom stereocenters. The number of aromatic nitrogens is 2. The molecule has 1 atom stereocenters. The molecule has 3 rings (SSSR count). The summed E-state index contributed by atoms with van der Waals surface area (Å²) in [7, 11) is 2.00. The van der Waals surface area contributed by atoms with Gasteiger partial charge in [-0.15, -0.1) is 0 Å². The van der Waals surface area contributed by atoms with Crippen molar-refractivity contribution in [3.8, 4) is 0 Å². The molecule has 1 aromatic carbocycles. The van der Waals surface area contributed by atoms with Crippen molar-refractivity contribution >= 4 is 16.8 Å². The summed E-state index contributed by atoms with van der Waals surface area (Å²) in [5, 5.41) is 0.408. The second-order valence-corrected chi connectivity index (χ2v) is 5.96. The Balaban J connectivity index is 1.98. The average Bonchev–Trinajstić information content (AvgIpc) is 2.54. The Kier molecular flexibility index (Phi) is 4.04. The second kappa shape index (κ2) is 6.00. The summed E-state index contributed by atoms with van der Waals surface area (Å²) in [5.74, 6) is -0.194. The molecule has 0 saturated carbocycles. The number of benzene rings is 1. The first-order valence-corrected chi connectivity index (χ1v) is 7.70. The maximum Gasteiger partial charge on any atom is 0.329 e. The minimum Gasteiger partial charge on any atom is -0.338 e. The van der Waals surface area contributed by atoms with Crippen LogP contribution in [0.5, 0.6) is 0 Å². The Morgan fingerprint density at radius 3 is 2.48 bits per heavy atom. The van der Waals surface area contributed by atoms with Gasteiger partial charge < -0.3 is 14.8 Å². The molecule has 1 saturated heterocycles. The molecule has 7 heteroatoms. The van der Waals surface area contributed by atoms with E-state index in [0.29, 0.717) is 24.0 Å². The van der Waals surface area contributed by atoms with Gasteiger partial charge in [0.1, 0.15) is 6.04 Å². The quantitative estimate of drug-likeness (QED) is 0.847. The summed E-state index contributed by atoms with van der Waals surface area (Å²) in [6.07, 6.45) is 0. The zero-order valence-corrected chi connectivity index (χ0v) is 13.3. The average molecular weight is 316 g/mol. The van der Waals surface area contributed by atoms with Gasteiger partial charge >= 0.3 is 5.69 Å². The van der Waals surface area contributed by atoms with Crippen molar-refractivity contribution in [3.63, 3.8) is 0 Å². The highest BCUT2D eigenvalue weighted by Gasteiger charge is 2.27. The normalized spacial score (nSPS) is 17.4. The highest BCUT2D eigenvalue weighted by atomic mass is 16.2. The van der Waals surface area contributed by atoms with Crippen molar-refractivity contribution in [2.45, 2.75) is 13.0 Å². The van der Waals surface area contributed by atoms with Gasteiger partial charge in [-0.1, -0.05) is 12.1 Å².